The van der Waals surface area contributed by atoms with E-state index in [0.29, 0.717) is 43.2 Å². The van der Waals surface area contributed by atoms with Gasteiger partial charge in [0.25, 0.3) is 0 Å². The highest BCUT2D eigenvalue weighted by atomic mass is 19.1. The Bertz CT molecular complexity index is 1280. The molecule has 2 N–H and O–H groups in total. The van der Waals surface area contributed by atoms with Gasteiger partial charge in [-0.1, -0.05) is 36.4 Å². The number of aryl methyl sites for hydroxylation is 1. The van der Waals surface area contributed by atoms with E-state index >= 15 is 0 Å². The van der Waals surface area contributed by atoms with E-state index in [0.717, 1.165) is 18.7 Å². The second-order valence-corrected chi connectivity index (χ2v) is 10.7. The molecule has 9 nitrogen and oxygen atoms in total. The van der Waals surface area contributed by atoms with Gasteiger partial charge in [0.05, 0.1) is 24.6 Å². The molecule has 1 aliphatic rings. The maximum atomic E-state index is 14.4. The molecule has 1 saturated heterocycles. The maximum absolute atomic E-state index is 14.4. The lowest BCUT2D eigenvalue weighted by molar-refractivity contribution is -0.116. The smallest absolute Gasteiger partial charge is 0.318 e. The zero-order valence-corrected chi connectivity index (χ0v) is 23.0. The largest absolute Gasteiger partial charge is 0.379 e. The summed E-state index contributed by atoms with van der Waals surface area (Å²) in [7, 11) is 0. The molecule has 10 heteroatoms. The molecule has 2 aromatic carbocycles. The van der Waals surface area contributed by atoms with Crippen molar-refractivity contribution in [1.82, 2.24) is 24.7 Å². The summed E-state index contributed by atoms with van der Waals surface area (Å²) in [5.74, 6) is -0.514. The number of hydrogen-bond acceptors (Lipinski definition) is 5. The van der Waals surface area contributed by atoms with E-state index in [1.54, 1.807) is 29.8 Å². The fourth-order valence-corrected chi connectivity index (χ4v) is 4.22. The number of rotatable bonds is 8. The molecule has 0 saturated carbocycles. The summed E-state index contributed by atoms with van der Waals surface area (Å²) in [6, 6.07) is 14.1. The Kier molecular flexibility index (Phi) is 8.98. The number of amides is 3. The van der Waals surface area contributed by atoms with Gasteiger partial charge in [-0.05, 0) is 45.4 Å². The first-order chi connectivity index (χ1) is 18.6. The number of anilines is 1. The summed E-state index contributed by atoms with van der Waals surface area (Å²) < 4.78 is 21.5. The van der Waals surface area contributed by atoms with Crippen LogP contribution in [0.4, 0.5) is 15.1 Å². The zero-order valence-electron chi connectivity index (χ0n) is 23.0. The van der Waals surface area contributed by atoms with Crippen LogP contribution in [0.1, 0.15) is 26.3 Å². The van der Waals surface area contributed by atoms with Crippen molar-refractivity contribution in [3.05, 3.63) is 66.1 Å². The van der Waals surface area contributed by atoms with E-state index in [-0.39, 0.29) is 24.3 Å². The lowest BCUT2D eigenvalue weighted by Crippen LogP contribution is -2.52. The van der Waals surface area contributed by atoms with Crippen LogP contribution in [0.5, 0.6) is 0 Å². The minimum Gasteiger partial charge on any atom is -0.379 e. The Morgan fingerprint density at radius 1 is 1.10 bits per heavy atom. The number of nitrogens with one attached hydrogen (secondary N) is 2. The predicted molar refractivity (Wildman–Crippen MR) is 149 cm³/mol. The first kappa shape index (κ1) is 28.3. The molecule has 0 unspecified atom stereocenters. The SMILES string of the molecule is Cc1ccc(-n2cc(-c3ccccc3)nc2NC(=O)CN(CCN2CCOCC2)C(=O)NC(C)(C)C)cc1F. The van der Waals surface area contributed by atoms with Crippen LogP contribution < -0.4 is 10.6 Å². The third-order valence-electron chi connectivity index (χ3n) is 6.35. The van der Waals surface area contributed by atoms with Gasteiger partial charge in [-0.2, -0.15) is 0 Å². The summed E-state index contributed by atoms with van der Waals surface area (Å²) in [6.45, 7) is 11.1. The fraction of sp³-hybridized carbons (Fsp3) is 0.414. The Morgan fingerprint density at radius 3 is 2.49 bits per heavy atom. The van der Waals surface area contributed by atoms with Crippen LogP contribution in [-0.4, -0.2) is 82.8 Å². The Morgan fingerprint density at radius 2 is 1.82 bits per heavy atom. The van der Waals surface area contributed by atoms with Crippen LogP contribution in [0.25, 0.3) is 16.9 Å². The Hall–Kier alpha value is -3.76. The summed E-state index contributed by atoms with van der Waals surface area (Å²) in [5, 5.41) is 5.81. The highest BCUT2D eigenvalue weighted by molar-refractivity contribution is 5.93. The van der Waals surface area contributed by atoms with Gasteiger partial charge in [-0.3, -0.25) is 19.6 Å². The van der Waals surface area contributed by atoms with Crippen LogP contribution in [0.15, 0.2) is 54.7 Å². The van der Waals surface area contributed by atoms with Crippen molar-refractivity contribution >= 4 is 17.9 Å². The average Bonchev–Trinajstić information content (AvgIpc) is 3.31. The van der Waals surface area contributed by atoms with E-state index in [1.165, 1.54) is 11.0 Å². The van der Waals surface area contributed by atoms with E-state index in [4.69, 9.17) is 4.74 Å². The molecule has 1 aliphatic heterocycles. The van der Waals surface area contributed by atoms with Gasteiger partial charge < -0.3 is 15.0 Å². The zero-order chi connectivity index (χ0) is 28.0. The number of imidazole rings is 1. The van der Waals surface area contributed by atoms with Crippen molar-refractivity contribution in [1.29, 1.82) is 0 Å². The van der Waals surface area contributed by atoms with Gasteiger partial charge in [-0.25, -0.2) is 14.2 Å². The lowest BCUT2D eigenvalue weighted by Gasteiger charge is -2.31. The van der Waals surface area contributed by atoms with Crippen molar-refractivity contribution in [2.24, 2.45) is 0 Å². The normalized spacial score (nSPS) is 14.2. The van der Waals surface area contributed by atoms with Gasteiger partial charge in [0.15, 0.2) is 0 Å². The standard InChI is InChI=1S/C29H37FN6O3/c1-21-10-11-23(18-24(21)30)36-19-25(22-8-6-5-7-9-22)31-27(36)32-26(37)20-35(28(38)33-29(2,3)4)13-12-34-14-16-39-17-15-34/h5-11,18-19H,12-17,20H2,1-4H3,(H,33,38)(H,31,32,37). The molecule has 3 aromatic rings. The molecule has 0 atom stereocenters. The highest BCUT2D eigenvalue weighted by Gasteiger charge is 2.24. The molecule has 0 aliphatic carbocycles. The topological polar surface area (TPSA) is 91.7 Å². The third-order valence-corrected chi connectivity index (χ3v) is 6.35. The molecule has 0 spiro atoms. The minimum absolute atomic E-state index is 0.165. The monoisotopic (exact) mass is 536 g/mol. The molecular weight excluding hydrogens is 499 g/mol. The number of carbonyl (C=O) groups excluding carboxylic acids is 2. The molecular formula is C29H37FN6O3. The van der Waals surface area contributed by atoms with Crippen LogP contribution >= 0.6 is 0 Å². The second kappa shape index (κ2) is 12.4. The van der Waals surface area contributed by atoms with Crippen molar-refractivity contribution < 1.29 is 18.7 Å². The number of ether oxygens (including phenoxy) is 1. The Labute approximate surface area is 229 Å². The van der Waals surface area contributed by atoms with E-state index in [2.05, 4.69) is 20.5 Å². The predicted octanol–water partition coefficient (Wildman–Crippen LogP) is 4.07. The van der Waals surface area contributed by atoms with Crippen LogP contribution in [0, 0.1) is 12.7 Å². The van der Waals surface area contributed by atoms with E-state index < -0.39 is 11.4 Å². The number of halogens is 1. The highest BCUT2D eigenvalue weighted by Crippen LogP contribution is 2.25. The number of carbonyl (C=O) groups is 2. The van der Waals surface area contributed by atoms with E-state index in [1.807, 2.05) is 51.1 Å². The van der Waals surface area contributed by atoms with Crippen LogP contribution in [0.2, 0.25) is 0 Å². The first-order valence-corrected chi connectivity index (χ1v) is 13.2. The number of urea groups is 1. The fourth-order valence-electron chi connectivity index (χ4n) is 4.22. The van der Waals surface area contributed by atoms with Gasteiger partial charge in [0.2, 0.25) is 11.9 Å². The number of aromatic nitrogens is 2. The summed E-state index contributed by atoms with van der Waals surface area (Å²) in [4.78, 5) is 34.8. The summed E-state index contributed by atoms with van der Waals surface area (Å²) in [6.07, 6.45) is 1.76. The molecule has 1 fully saturated rings. The summed E-state index contributed by atoms with van der Waals surface area (Å²) in [5.41, 5.74) is 2.07. The van der Waals surface area contributed by atoms with Gasteiger partial charge in [-0.15, -0.1) is 0 Å². The van der Waals surface area contributed by atoms with Gasteiger partial charge in [0.1, 0.15) is 12.4 Å². The third kappa shape index (κ3) is 7.87. The number of hydrogen-bond donors (Lipinski definition) is 2. The molecule has 208 valence electrons. The molecule has 3 amide bonds. The molecule has 39 heavy (non-hydrogen) atoms. The molecule has 0 bridgehead atoms. The van der Waals surface area contributed by atoms with E-state index in [9.17, 15) is 14.0 Å². The Balaban J connectivity index is 1.56. The van der Waals surface area contributed by atoms with Gasteiger partial charge >= 0.3 is 6.03 Å². The number of benzene rings is 2. The average molecular weight is 537 g/mol. The van der Waals surface area contributed by atoms with Crippen molar-refractivity contribution in [2.45, 2.75) is 33.2 Å². The lowest BCUT2D eigenvalue weighted by atomic mass is 10.1. The maximum Gasteiger partial charge on any atom is 0.318 e. The van der Waals surface area contributed by atoms with Crippen LogP contribution in [-0.2, 0) is 9.53 Å². The molecule has 1 aromatic heterocycles. The number of nitrogens with zero attached hydrogens (tertiary/aromatic N) is 4. The van der Waals surface area contributed by atoms with Crippen molar-refractivity contribution in [3.8, 4) is 16.9 Å². The first-order valence-electron chi connectivity index (χ1n) is 13.2. The summed E-state index contributed by atoms with van der Waals surface area (Å²) >= 11 is 0. The number of morpholine rings is 1. The second-order valence-electron chi connectivity index (χ2n) is 10.7. The molecule has 4 rings (SSSR count). The van der Waals surface area contributed by atoms with Gasteiger partial charge in [0, 0.05) is 43.5 Å². The minimum atomic E-state index is -0.457. The molecule has 0 radical (unpaired) electrons. The van der Waals surface area contributed by atoms with Crippen LogP contribution in [0.3, 0.4) is 0 Å². The van der Waals surface area contributed by atoms with Crippen molar-refractivity contribution in [3.63, 3.8) is 0 Å². The van der Waals surface area contributed by atoms with Crippen molar-refractivity contribution in [2.75, 3.05) is 51.3 Å². The quantitative estimate of drug-likeness (QED) is 0.453. The molecule has 2 heterocycles.